The molecule has 0 bridgehead atoms. The van der Waals surface area contributed by atoms with Crippen molar-refractivity contribution in [3.05, 3.63) is 60.7 Å². The van der Waals surface area contributed by atoms with E-state index in [1.165, 1.54) is 11.1 Å². The second-order valence-corrected chi connectivity index (χ2v) is 4.11. The molecule has 5 N–H and O–H groups in total. The second-order valence-electron chi connectivity index (χ2n) is 4.11. The number of nitrogens with two attached hydrogens (primary N) is 2. The summed E-state index contributed by atoms with van der Waals surface area (Å²) in [6.07, 6.45) is 1.02. The summed E-state index contributed by atoms with van der Waals surface area (Å²) in [5.41, 5.74) is 11.8. The Bertz CT molecular complexity index is 435. The maximum absolute atomic E-state index is 9.60. The fraction of sp³-hybridized carbons (Fsp3) is 0.278. The minimum Gasteiger partial charge on any atom is -0.481 e. The summed E-state index contributed by atoms with van der Waals surface area (Å²) in [7, 11) is 0. The summed E-state index contributed by atoms with van der Waals surface area (Å²) >= 11 is 0. The molecule has 0 aliphatic carbocycles. The summed E-state index contributed by atoms with van der Waals surface area (Å²) < 4.78 is 0. The van der Waals surface area contributed by atoms with Crippen LogP contribution in [-0.4, -0.2) is 17.7 Å². The molecule has 2 aromatic carbocycles. The van der Waals surface area contributed by atoms with E-state index in [1.54, 1.807) is 0 Å². The molecule has 0 radical (unpaired) electrons. The Morgan fingerprint density at radius 3 is 1.41 bits per heavy atom. The molecule has 0 spiro atoms. The Labute approximate surface area is 133 Å². The maximum atomic E-state index is 9.60. The van der Waals surface area contributed by atoms with E-state index in [0.717, 1.165) is 6.42 Å². The van der Waals surface area contributed by atoms with Gasteiger partial charge in [0, 0.05) is 13.1 Å². The van der Waals surface area contributed by atoms with Crippen LogP contribution in [0.15, 0.2) is 60.7 Å². The summed E-state index contributed by atoms with van der Waals surface area (Å²) in [5, 5.41) is 7.91. The van der Waals surface area contributed by atoms with Crippen molar-refractivity contribution in [3.63, 3.8) is 0 Å². The minimum atomic E-state index is -0.711. The van der Waals surface area contributed by atoms with Crippen LogP contribution in [-0.2, 0) is 4.79 Å². The molecule has 0 aliphatic heterocycles. The normalized spacial score (nSPS) is 8.32. The summed E-state index contributed by atoms with van der Waals surface area (Å²) in [6.45, 7) is 2.09. The van der Waals surface area contributed by atoms with Crippen molar-refractivity contribution in [1.29, 1.82) is 0 Å². The van der Waals surface area contributed by atoms with E-state index in [-0.39, 0.29) is 14.1 Å². The van der Waals surface area contributed by atoms with Gasteiger partial charge < -0.3 is 16.6 Å². The second kappa shape index (κ2) is 15.2. The molecule has 2 aromatic rings. The van der Waals surface area contributed by atoms with E-state index < -0.39 is 5.97 Å². The van der Waals surface area contributed by atoms with Crippen molar-refractivity contribution >= 4 is 5.97 Å². The Hall–Kier alpha value is -2.17. The van der Waals surface area contributed by atoms with Gasteiger partial charge in [-0.3, -0.25) is 4.79 Å². The molecule has 2 rings (SSSR count). The van der Waals surface area contributed by atoms with E-state index in [9.17, 15) is 4.79 Å². The van der Waals surface area contributed by atoms with E-state index in [1.807, 2.05) is 19.1 Å². The van der Waals surface area contributed by atoms with Crippen molar-refractivity contribution < 1.29 is 9.90 Å². The van der Waals surface area contributed by atoms with Crippen LogP contribution in [0, 0.1) is 0 Å². The highest BCUT2D eigenvalue weighted by molar-refractivity contribution is 5.66. The van der Waals surface area contributed by atoms with Gasteiger partial charge in [0.1, 0.15) is 0 Å². The third-order valence-corrected chi connectivity index (χ3v) is 2.34. The zero-order chi connectivity index (χ0) is 15.9. The standard InChI is InChI=1S/C12H10.C4H8O2.CH6N2.CH4/c1-3-7-11(8-4-1)12-9-5-2-6-10-12;1-2-3-4(5)6;2-1-3;/h1-10H;2-3H2,1H3,(H,5,6);1-3H2;1H4. The van der Waals surface area contributed by atoms with Crippen LogP contribution in [0.3, 0.4) is 0 Å². The first kappa shape index (κ1) is 22.1. The van der Waals surface area contributed by atoms with E-state index in [0.29, 0.717) is 6.42 Å². The zero-order valence-electron chi connectivity index (χ0n) is 12.4. The average Bonchev–Trinajstić information content (AvgIpc) is 2.50. The number of carboxylic acids is 1. The van der Waals surface area contributed by atoms with Crippen LogP contribution >= 0.6 is 0 Å². The van der Waals surface area contributed by atoms with Gasteiger partial charge in [0.2, 0.25) is 0 Å². The Morgan fingerprint density at radius 1 is 0.909 bits per heavy atom. The lowest BCUT2D eigenvalue weighted by Gasteiger charge is -1.98. The molecule has 0 heterocycles. The number of benzene rings is 2. The molecule has 0 amide bonds. The molecular formula is C18H28N2O2. The number of rotatable bonds is 3. The lowest BCUT2D eigenvalue weighted by atomic mass is 10.1. The minimum absolute atomic E-state index is 0. The van der Waals surface area contributed by atoms with Gasteiger partial charge in [-0.15, -0.1) is 0 Å². The molecule has 4 nitrogen and oxygen atoms in total. The van der Waals surface area contributed by atoms with Gasteiger partial charge in [0.15, 0.2) is 0 Å². The van der Waals surface area contributed by atoms with Crippen molar-refractivity contribution in [2.75, 3.05) is 6.67 Å². The van der Waals surface area contributed by atoms with Gasteiger partial charge in [-0.25, -0.2) is 0 Å². The third-order valence-electron chi connectivity index (χ3n) is 2.34. The van der Waals surface area contributed by atoms with Crippen molar-refractivity contribution in [2.45, 2.75) is 27.2 Å². The van der Waals surface area contributed by atoms with E-state index >= 15 is 0 Å². The SMILES string of the molecule is C.CCCC(=O)O.NCN.c1ccc(-c2ccccc2)cc1. The molecule has 0 saturated heterocycles. The first-order chi connectivity index (χ1) is 10.2. The average molecular weight is 304 g/mol. The maximum Gasteiger partial charge on any atom is 0.303 e. The van der Waals surface area contributed by atoms with Crippen LogP contribution in [0.25, 0.3) is 11.1 Å². The summed E-state index contributed by atoms with van der Waals surface area (Å²) in [4.78, 5) is 9.60. The highest BCUT2D eigenvalue weighted by atomic mass is 16.4. The molecule has 0 aromatic heterocycles. The first-order valence-corrected chi connectivity index (χ1v) is 6.88. The van der Waals surface area contributed by atoms with E-state index in [4.69, 9.17) is 5.11 Å². The fourth-order valence-electron chi connectivity index (χ4n) is 1.48. The van der Waals surface area contributed by atoms with Gasteiger partial charge in [0.05, 0.1) is 0 Å². The van der Waals surface area contributed by atoms with E-state index in [2.05, 4.69) is 60.0 Å². The fourth-order valence-corrected chi connectivity index (χ4v) is 1.48. The summed E-state index contributed by atoms with van der Waals surface area (Å²) in [6, 6.07) is 20.8. The Morgan fingerprint density at radius 2 is 1.23 bits per heavy atom. The molecule has 122 valence electrons. The smallest absolute Gasteiger partial charge is 0.303 e. The highest BCUT2D eigenvalue weighted by Crippen LogP contribution is 2.17. The topological polar surface area (TPSA) is 89.3 Å². The molecular weight excluding hydrogens is 276 g/mol. The molecule has 0 atom stereocenters. The van der Waals surface area contributed by atoms with Crippen LogP contribution < -0.4 is 11.5 Å². The third kappa shape index (κ3) is 11.6. The Balaban J connectivity index is 0. The van der Waals surface area contributed by atoms with Crippen molar-refractivity contribution in [2.24, 2.45) is 11.5 Å². The molecule has 0 unspecified atom stereocenters. The lowest BCUT2D eigenvalue weighted by Crippen LogP contribution is -2.08. The van der Waals surface area contributed by atoms with Crippen LogP contribution in [0.5, 0.6) is 0 Å². The predicted molar refractivity (Wildman–Crippen MR) is 94.4 cm³/mol. The van der Waals surface area contributed by atoms with Gasteiger partial charge in [-0.05, 0) is 17.5 Å². The summed E-state index contributed by atoms with van der Waals surface area (Å²) in [5.74, 6) is -0.711. The molecule has 22 heavy (non-hydrogen) atoms. The molecule has 0 saturated carbocycles. The van der Waals surface area contributed by atoms with Crippen LogP contribution in [0.2, 0.25) is 0 Å². The number of hydrogen-bond donors (Lipinski definition) is 3. The number of hydrogen-bond acceptors (Lipinski definition) is 3. The predicted octanol–water partition coefficient (Wildman–Crippen LogP) is 3.72. The van der Waals surface area contributed by atoms with Crippen molar-refractivity contribution in [1.82, 2.24) is 0 Å². The number of carboxylic acid groups (broad SMARTS) is 1. The molecule has 0 fully saturated rings. The van der Waals surface area contributed by atoms with Gasteiger partial charge in [-0.2, -0.15) is 0 Å². The lowest BCUT2D eigenvalue weighted by molar-refractivity contribution is -0.137. The van der Waals surface area contributed by atoms with Crippen molar-refractivity contribution in [3.8, 4) is 11.1 Å². The monoisotopic (exact) mass is 304 g/mol. The van der Waals surface area contributed by atoms with Gasteiger partial charge in [0.25, 0.3) is 0 Å². The molecule has 0 aliphatic rings. The number of carbonyl (C=O) groups is 1. The van der Waals surface area contributed by atoms with Gasteiger partial charge >= 0.3 is 5.97 Å². The highest BCUT2D eigenvalue weighted by Gasteiger charge is 1.91. The largest absolute Gasteiger partial charge is 0.481 e. The van der Waals surface area contributed by atoms with Gasteiger partial charge in [-0.1, -0.05) is 75.0 Å². The zero-order valence-corrected chi connectivity index (χ0v) is 12.4. The molecule has 4 heteroatoms. The van der Waals surface area contributed by atoms with Crippen LogP contribution in [0.4, 0.5) is 0 Å². The quantitative estimate of drug-likeness (QED) is 0.754. The Kier molecular flexibility index (Phi) is 15.3. The number of aliphatic carboxylic acids is 1. The van der Waals surface area contributed by atoms with Crippen LogP contribution in [0.1, 0.15) is 27.2 Å². The first-order valence-electron chi connectivity index (χ1n) is 6.88.